The van der Waals surface area contributed by atoms with Crippen LogP contribution in [-0.2, 0) is 14.2 Å². The third kappa shape index (κ3) is 6.69. The van der Waals surface area contributed by atoms with Gasteiger partial charge in [0.05, 0.1) is 20.6 Å². The third-order valence-electron chi connectivity index (χ3n) is 2.59. The molecule has 0 N–H and O–H groups in total. The summed E-state index contributed by atoms with van der Waals surface area (Å²) in [6.45, 7) is -2.68. The van der Waals surface area contributed by atoms with E-state index in [0.29, 0.717) is 4.48 Å². The zero-order chi connectivity index (χ0) is 14.8. The molecular weight excluding hydrogens is 267 g/mol. The maximum Gasteiger partial charge on any atom is 0.448 e. The lowest BCUT2D eigenvalue weighted by atomic mass is 10.4. The lowest BCUT2D eigenvalue weighted by Gasteiger charge is -2.42. The van der Waals surface area contributed by atoms with Crippen LogP contribution in [0.15, 0.2) is 0 Å². The van der Waals surface area contributed by atoms with E-state index in [0.717, 1.165) is 6.54 Å². The van der Waals surface area contributed by atoms with Crippen LogP contribution in [0.5, 0.6) is 0 Å². The zero-order valence-corrected chi connectivity index (χ0v) is 14.0. The Morgan fingerprint density at radius 1 is 1.06 bits per heavy atom. The molecule has 0 atom stereocenters. The molecule has 0 unspecified atom stereocenters. The molecule has 0 fully saturated rings. The fraction of sp³-hybridized carbons (Fsp3) is 1.00. The van der Waals surface area contributed by atoms with Crippen LogP contribution in [0.4, 0.5) is 13.2 Å². The van der Waals surface area contributed by atoms with Crippen molar-refractivity contribution < 1.29 is 31.9 Å². The Labute approximate surface area is 110 Å². The van der Waals surface area contributed by atoms with E-state index in [9.17, 15) is 13.2 Å². The van der Waals surface area contributed by atoms with Gasteiger partial charge in [-0.2, -0.15) is 13.2 Å². The number of methoxy groups -OCH3 is 3. The summed E-state index contributed by atoms with van der Waals surface area (Å²) in [7, 11) is 10.2. The Hall–Kier alpha value is -0.153. The number of quaternary nitrogens is 1. The van der Waals surface area contributed by atoms with Crippen LogP contribution >= 0.6 is 0 Å². The van der Waals surface area contributed by atoms with Gasteiger partial charge in [-0.15, -0.1) is 0 Å². The molecule has 0 radical (unpaired) electrons. The largest absolute Gasteiger partial charge is 0.448 e. The number of alkyl halides is 3. The normalized spacial score (nSPS) is 12.5. The molecule has 0 bridgehead atoms. The summed E-state index contributed by atoms with van der Waals surface area (Å²) in [5.74, 6) is 0. The Morgan fingerprint density at radius 3 is 1.61 bits per heavy atom. The molecule has 112 valence electrons. The van der Waals surface area contributed by atoms with Crippen molar-refractivity contribution in [2.75, 3.05) is 42.0 Å². The molecule has 0 aliphatic rings. The average Bonchev–Trinajstić information content (AvgIpc) is 2.28. The van der Waals surface area contributed by atoms with Crippen LogP contribution in [-0.4, -0.2) is 69.5 Å². The molecule has 0 aromatic carbocycles. The molecular formula is C10H25F3NO3Si+. The highest BCUT2D eigenvalue weighted by Crippen LogP contribution is 2.24. The molecule has 0 heterocycles. The van der Waals surface area contributed by atoms with Gasteiger partial charge in [0.1, 0.15) is 0 Å². The fourth-order valence-electron chi connectivity index (χ4n) is 1.68. The van der Waals surface area contributed by atoms with Crippen molar-refractivity contribution in [3.63, 3.8) is 0 Å². The smallest absolute Gasteiger partial charge is 0.281 e. The van der Waals surface area contributed by atoms with Crippen LogP contribution in [0, 0.1) is 0 Å². The van der Waals surface area contributed by atoms with E-state index in [-0.39, 0.29) is 0 Å². The first-order chi connectivity index (χ1) is 8.22. The lowest BCUT2D eigenvalue weighted by molar-refractivity contribution is -1.02. The molecule has 0 aromatic heterocycles. The van der Waals surface area contributed by atoms with Gasteiger partial charge < -0.3 is 0 Å². The van der Waals surface area contributed by atoms with E-state index in [1.54, 1.807) is 21.3 Å². The van der Waals surface area contributed by atoms with E-state index in [1.165, 1.54) is 22.7 Å². The van der Waals surface area contributed by atoms with Crippen molar-refractivity contribution in [1.82, 2.24) is 0 Å². The summed E-state index contributed by atoms with van der Waals surface area (Å²) in [5, 5.41) is 0. The van der Waals surface area contributed by atoms with E-state index >= 15 is 0 Å². The Balaban J connectivity index is 0. The maximum absolute atomic E-state index is 9.67. The molecule has 0 aliphatic heterocycles. The number of nitrogens with zero attached hydrogens (tertiary/aromatic N) is 1. The zero-order valence-electron chi connectivity index (χ0n) is 12.0. The highest BCUT2D eigenvalue weighted by molar-refractivity contribution is 6.08. The quantitative estimate of drug-likeness (QED) is 0.397. The SMILES string of the molecule is COC(OC)(OC)[N+](C)(C)CCC[SiH3].FC(F)F. The van der Waals surface area contributed by atoms with Crippen molar-refractivity contribution in [3.05, 3.63) is 0 Å². The molecule has 8 heteroatoms. The van der Waals surface area contributed by atoms with Gasteiger partial charge in [-0.05, 0) is 6.42 Å². The minimum atomic E-state index is -3.67. The van der Waals surface area contributed by atoms with E-state index in [4.69, 9.17) is 14.2 Å². The minimum Gasteiger partial charge on any atom is -0.281 e. The van der Waals surface area contributed by atoms with Gasteiger partial charge in [0.2, 0.25) is 0 Å². The van der Waals surface area contributed by atoms with Crippen molar-refractivity contribution in [1.29, 1.82) is 0 Å². The van der Waals surface area contributed by atoms with Gasteiger partial charge in [-0.1, -0.05) is 6.04 Å². The van der Waals surface area contributed by atoms with Gasteiger partial charge >= 0.3 is 12.8 Å². The van der Waals surface area contributed by atoms with Crippen LogP contribution in [0.2, 0.25) is 6.04 Å². The van der Waals surface area contributed by atoms with Crippen molar-refractivity contribution in [2.45, 2.75) is 25.2 Å². The number of halogens is 3. The summed E-state index contributed by atoms with van der Waals surface area (Å²) in [5.41, 5.74) is 0. The number of hydrogen-bond acceptors (Lipinski definition) is 3. The molecule has 0 spiro atoms. The highest BCUT2D eigenvalue weighted by Gasteiger charge is 2.48. The van der Waals surface area contributed by atoms with E-state index in [1.807, 2.05) is 14.1 Å². The van der Waals surface area contributed by atoms with Crippen molar-refractivity contribution >= 4 is 10.2 Å². The Bertz CT molecular complexity index is 194. The predicted molar refractivity (Wildman–Crippen MR) is 67.2 cm³/mol. The molecule has 0 aliphatic carbocycles. The summed E-state index contributed by atoms with van der Waals surface area (Å²) in [6.07, 6.45) is 0.202. The monoisotopic (exact) mass is 292 g/mol. The maximum atomic E-state index is 9.67. The second-order valence-electron chi connectivity index (χ2n) is 4.15. The second kappa shape index (κ2) is 9.73. The van der Waals surface area contributed by atoms with Gasteiger partial charge in [-0.3, -0.25) is 14.2 Å². The minimum absolute atomic E-state index is 0.554. The molecule has 0 rings (SSSR count). The first-order valence-corrected chi connectivity index (χ1v) is 7.05. The van der Waals surface area contributed by atoms with Gasteiger partial charge in [0.15, 0.2) is 0 Å². The summed E-state index contributed by atoms with van der Waals surface area (Å²) in [4.78, 5) is 0. The summed E-state index contributed by atoms with van der Waals surface area (Å²) >= 11 is 0. The first-order valence-electron chi connectivity index (χ1n) is 5.63. The molecule has 18 heavy (non-hydrogen) atoms. The summed E-state index contributed by atoms with van der Waals surface area (Å²) < 4.78 is 45.6. The lowest BCUT2D eigenvalue weighted by Crippen LogP contribution is -2.63. The average molecular weight is 292 g/mol. The molecule has 4 nitrogen and oxygen atoms in total. The van der Waals surface area contributed by atoms with E-state index in [2.05, 4.69) is 0 Å². The number of hydrogen-bond donors (Lipinski definition) is 0. The van der Waals surface area contributed by atoms with Crippen LogP contribution < -0.4 is 0 Å². The molecule has 0 amide bonds. The number of ether oxygens (including phenoxy) is 3. The van der Waals surface area contributed by atoms with Gasteiger partial charge in [0.25, 0.3) is 0 Å². The molecule has 0 saturated heterocycles. The standard InChI is InChI=1S/C9H24NO3Si.CHF3/c1-10(2,7-6-8-14)9(11-3,12-4)13-5;2-1(3)4/h6-8H2,1-5,14H3;1H/q+1;. The van der Waals surface area contributed by atoms with Crippen LogP contribution in [0.25, 0.3) is 0 Å². The van der Waals surface area contributed by atoms with Crippen molar-refractivity contribution in [2.24, 2.45) is 0 Å². The Morgan fingerprint density at radius 2 is 1.39 bits per heavy atom. The van der Waals surface area contributed by atoms with Crippen LogP contribution in [0.1, 0.15) is 6.42 Å². The highest BCUT2D eigenvalue weighted by atomic mass is 28.1. The first kappa shape index (κ1) is 20.2. The molecule has 0 aromatic rings. The second-order valence-corrected chi connectivity index (χ2v) is 5.15. The van der Waals surface area contributed by atoms with Gasteiger partial charge in [0, 0.05) is 31.6 Å². The number of rotatable bonds is 7. The van der Waals surface area contributed by atoms with Gasteiger partial charge in [-0.25, -0.2) is 4.48 Å². The predicted octanol–water partition coefficient (Wildman–Crippen LogP) is 0.966. The Kier molecular flexibility index (Phi) is 10.9. The topological polar surface area (TPSA) is 27.7 Å². The summed E-state index contributed by atoms with van der Waals surface area (Å²) in [6, 6.07) is 1.29. The van der Waals surface area contributed by atoms with E-state index < -0.39 is 12.8 Å². The van der Waals surface area contributed by atoms with Crippen molar-refractivity contribution in [3.8, 4) is 0 Å². The third-order valence-corrected chi connectivity index (χ3v) is 3.29. The fourth-order valence-corrected chi connectivity index (χ4v) is 2.00. The molecule has 0 saturated carbocycles. The van der Waals surface area contributed by atoms with Crippen LogP contribution in [0.3, 0.4) is 0 Å².